The van der Waals surface area contributed by atoms with Gasteiger partial charge in [0.15, 0.2) is 5.65 Å². The second-order valence-corrected chi connectivity index (χ2v) is 3.25. The van der Waals surface area contributed by atoms with Gasteiger partial charge in [-0.1, -0.05) is 0 Å². The Kier molecular flexibility index (Phi) is 1.79. The van der Waals surface area contributed by atoms with E-state index in [-0.39, 0.29) is 0 Å². The Balaban J connectivity index is 2.30. The van der Waals surface area contributed by atoms with Crippen LogP contribution in [0, 0.1) is 0 Å². The van der Waals surface area contributed by atoms with Crippen molar-refractivity contribution in [1.29, 1.82) is 0 Å². The summed E-state index contributed by atoms with van der Waals surface area (Å²) in [5, 5.41) is 4.16. The first-order valence-electron chi connectivity index (χ1n) is 4.71. The lowest BCUT2D eigenvalue weighted by Crippen LogP contribution is -1.98. The van der Waals surface area contributed by atoms with Gasteiger partial charge >= 0.3 is 0 Å². The highest BCUT2D eigenvalue weighted by molar-refractivity contribution is 5.74. The van der Waals surface area contributed by atoms with Crippen molar-refractivity contribution in [3.05, 3.63) is 37.1 Å². The molecule has 0 aromatic carbocycles. The molecule has 3 aromatic rings. The molecule has 78 valence electrons. The minimum atomic E-state index is 0.542. The van der Waals surface area contributed by atoms with E-state index in [9.17, 15) is 0 Å². The summed E-state index contributed by atoms with van der Waals surface area (Å²) in [7, 11) is 0. The molecule has 16 heavy (non-hydrogen) atoms. The van der Waals surface area contributed by atoms with Crippen molar-refractivity contribution in [3.63, 3.8) is 0 Å². The quantitative estimate of drug-likeness (QED) is 0.644. The van der Waals surface area contributed by atoms with E-state index >= 15 is 0 Å². The molecule has 0 unspecified atom stereocenters. The van der Waals surface area contributed by atoms with Crippen LogP contribution in [0.5, 0.6) is 0 Å². The first-order valence-corrected chi connectivity index (χ1v) is 4.71. The third-order valence-corrected chi connectivity index (χ3v) is 2.27. The summed E-state index contributed by atoms with van der Waals surface area (Å²) in [5.74, 6) is 0.542. The molecule has 0 aliphatic heterocycles. The van der Waals surface area contributed by atoms with E-state index in [1.807, 2.05) is 0 Å². The van der Waals surface area contributed by atoms with Crippen LogP contribution in [0.25, 0.3) is 16.9 Å². The van der Waals surface area contributed by atoms with Gasteiger partial charge in [-0.25, -0.2) is 4.98 Å². The Morgan fingerprint density at radius 2 is 2.00 bits per heavy atom. The van der Waals surface area contributed by atoms with Crippen LogP contribution >= 0.6 is 0 Å². The number of anilines is 1. The number of fused-ring (bicyclic) bond motifs is 1. The number of nitrogens with zero attached hydrogens (tertiary/aromatic N) is 5. The summed E-state index contributed by atoms with van der Waals surface area (Å²) in [4.78, 5) is 12.4. The summed E-state index contributed by atoms with van der Waals surface area (Å²) in [5.41, 5.74) is 8.00. The number of aromatic nitrogens is 5. The maximum atomic E-state index is 5.77. The number of rotatable bonds is 1. The third-order valence-electron chi connectivity index (χ3n) is 2.27. The van der Waals surface area contributed by atoms with Crippen molar-refractivity contribution < 1.29 is 0 Å². The van der Waals surface area contributed by atoms with Gasteiger partial charge < -0.3 is 5.73 Å². The van der Waals surface area contributed by atoms with Gasteiger partial charge in [0.2, 0.25) is 0 Å². The molecule has 3 aromatic heterocycles. The van der Waals surface area contributed by atoms with E-state index in [4.69, 9.17) is 5.73 Å². The molecule has 3 heterocycles. The summed E-state index contributed by atoms with van der Waals surface area (Å²) < 4.78 is 1.57. The Labute approximate surface area is 90.8 Å². The third kappa shape index (κ3) is 1.20. The van der Waals surface area contributed by atoms with E-state index in [2.05, 4.69) is 20.1 Å². The fourth-order valence-corrected chi connectivity index (χ4v) is 1.53. The van der Waals surface area contributed by atoms with Crippen LogP contribution in [-0.4, -0.2) is 24.6 Å². The van der Waals surface area contributed by atoms with Crippen LogP contribution in [0.3, 0.4) is 0 Å². The molecular weight excluding hydrogens is 204 g/mol. The number of nitrogen functional groups attached to an aromatic ring is 1. The van der Waals surface area contributed by atoms with E-state index < -0.39 is 0 Å². The molecule has 0 fully saturated rings. The van der Waals surface area contributed by atoms with Gasteiger partial charge in [0.05, 0.1) is 23.7 Å². The predicted octanol–water partition coefficient (Wildman–Crippen LogP) is 0.768. The number of nitrogens with two attached hydrogens (primary N) is 1. The van der Waals surface area contributed by atoms with Crippen LogP contribution < -0.4 is 5.73 Å². The summed E-state index contributed by atoms with van der Waals surface area (Å²) in [6.45, 7) is 0. The molecule has 0 atom stereocenters. The van der Waals surface area contributed by atoms with Crippen LogP contribution in [0.1, 0.15) is 0 Å². The Bertz CT molecular complexity index is 630. The summed E-state index contributed by atoms with van der Waals surface area (Å²) in [6.07, 6.45) is 8.25. The highest BCUT2D eigenvalue weighted by Gasteiger charge is 2.09. The number of hydrogen-bond acceptors (Lipinski definition) is 5. The lowest BCUT2D eigenvalue weighted by Gasteiger charge is -1.98. The van der Waals surface area contributed by atoms with Crippen molar-refractivity contribution in [1.82, 2.24) is 24.6 Å². The molecule has 0 saturated heterocycles. The minimum absolute atomic E-state index is 0.542. The highest BCUT2D eigenvalue weighted by Crippen LogP contribution is 2.20. The Hall–Kier alpha value is -2.50. The van der Waals surface area contributed by atoms with Gasteiger partial charge in [-0.2, -0.15) is 9.61 Å². The van der Waals surface area contributed by atoms with Gasteiger partial charge in [0.25, 0.3) is 0 Å². The monoisotopic (exact) mass is 212 g/mol. The maximum absolute atomic E-state index is 5.77. The van der Waals surface area contributed by atoms with Crippen molar-refractivity contribution >= 4 is 11.5 Å². The zero-order valence-corrected chi connectivity index (χ0v) is 8.28. The van der Waals surface area contributed by atoms with Crippen molar-refractivity contribution in [3.8, 4) is 11.3 Å². The topological polar surface area (TPSA) is 82.0 Å². The molecule has 2 N–H and O–H groups in total. The molecular formula is C10H8N6. The molecule has 0 amide bonds. The zero-order valence-electron chi connectivity index (χ0n) is 8.28. The van der Waals surface area contributed by atoms with Gasteiger partial charge in [-0.05, 0) is 6.07 Å². The molecule has 3 rings (SSSR count). The molecule has 0 aliphatic carbocycles. The number of hydrogen-bond donors (Lipinski definition) is 1. The molecule has 0 saturated carbocycles. The normalized spacial score (nSPS) is 10.8. The van der Waals surface area contributed by atoms with Gasteiger partial charge in [-0.15, -0.1) is 0 Å². The predicted molar refractivity (Wildman–Crippen MR) is 58.4 cm³/mol. The summed E-state index contributed by atoms with van der Waals surface area (Å²) >= 11 is 0. The fraction of sp³-hybridized carbons (Fsp3) is 0. The molecule has 0 aliphatic rings. The van der Waals surface area contributed by atoms with Gasteiger partial charge in [0.1, 0.15) is 5.82 Å². The molecule has 6 nitrogen and oxygen atoms in total. The van der Waals surface area contributed by atoms with E-state index in [1.54, 1.807) is 41.6 Å². The zero-order chi connectivity index (χ0) is 11.0. The second-order valence-electron chi connectivity index (χ2n) is 3.25. The first kappa shape index (κ1) is 8.78. The highest BCUT2D eigenvalue weighted by atomic mass is 15.3. The van der Waals surface area contributed by atoms with Crippen molar-refractivity contribution in [2.75, 3.05) is 5.73 Å². The Morgan fingerprint density at radius 1 is 1.06 bits per heavy atom. The Morgan fingerprint density at radius 3 is 2.81 bits per heavy atom. The lowest BCUT2D eigenvalue weighted by atomic mass is 10.2. The molecule has 6 heteroatoms. The average molecular weight is 212 g/mol. The van der Waals surface area contributed by atoms with Crippen LogP contribution in [0.4, 0.5) is 5.82 Å². The van der Waals surface area contributed by atoms with Crippen molar-refractivity contribution in [2.45, 2.75) is 0 Å². The fourth-order valence-electron chi connectivity index (χ4n) is 1.53. The lowest BCUT2D eigenvalue weighted by molar-refractivity contribution is 0.952. The van der Waals surface area contributed by atoms with Crippen LogP contribution in [-0.2, 0) is 0 Å². The SMILES string of the molecule is Nc1ccnc2c(-c3cnccn3)cnn12. The van der Waals surface area contributed by atoms with E-state index in [0.29, 0.717) is 11.5 Å². The van der Waals surface area contributed by atoms with Gasteiger partial charge in [0, 0.05) is 18.6 Å². The van der Waals surface area contributed by atoms with Crippen molar-refractivity contribution in [2.24, 2.45) is 0 Å². The van der Waals surface area contributed by atoms with E-state index in [0.717, 1.165) is 11.3 Å². The molecule has 0 bridgehead atoms. The molecule has 0 radical (unpaired) electrons. The first-order chi connectivity index (χ1) is 7.86. The standard InChI is InChI=1S/C10H8N6/c11-9-1-2-14-10-7(5-15-16(9)10)8-6-12-3-4-13-8/h1-6H,11H2. The van der Waals surface area contributed by atoms with E-state index in [1.165, 1.54) is 0 Å². The largest absolute Gasteiger partial charge is 0.384 e. The molecule has 0 spiro atoms. The van der Waals surface area contributed by atoms with Crippen LogP contribution in [0.2, 0.25) is 0 Å². The summed E-state index contributed by atoms with van der Waals surface area (Å²) in [6, 6.07) is 1.69. The second kappa shape index (κ2) is 3.27. The average Bonchev–Trinajstić information content (AvgIpc) is 2.75. The maximum Gasteiger partial charge on any atom is 0.166 e. The van der Waals surface area contributed by atoms with Crippen LogP contribution in [0.15, 0.2) is 37.1 Å². The van der Waals surface area contributed by atoms with Gasteiger partial charge in [-0.3, -0.25) is 9.97 Å². The smallest absolute Gasteiger partial charge is 0.166 e. The minimum Gasteiger partial charge on any atom is -0.384 e.